The third-order valence-corrected chi connectivity index (χ3v) is 4.27. The summed E-state index contributed by atoms with van der Waals surface area (Å²) in [5, 5.41) is 9.47. The van der Waals surface area contributed by atoms with E-state index in [2.05, 4.69) is 20.8 Å². The summed E-state index contributed by atoms with van der Waals surface area (Å²) >= 11 is 9.49. The topological polar surface area (TPSA) is 43.8 Å². The highest BCUT2D eigenvalue weighted by Gasteiger charge is 2.21. The number of benzene rings is 1. The minimum Gasteiger partial charge on any atom is -0.395 e. The fourth-order valence-electron chi connectivity index (χ4n) is 2.37. The van der Waals surface area contributed by atoms with Crippen LogP contribution in [0.4, 0.5) is 0 Å². The van der Waals surface area contributed by atoms with E-state index in [1.807, 2.05) is 11.0 Å². The molecule has 0 saturated carbocycles. The Morgan fingerprint density at radius 2 is 2.10 bits per heavy atom. The van der Waals surface area contributed by atoms with E-state index in [1.54, 1.807) is 12.1 Å². The Balaban J connectivity index is 2.07. The molecule has 1 aliphatic heterocycles. The molecule has 1 aromatic rings. The van der Waals surface area contributed by atoms with Crippen LogP contribution in [0.2, 0.25) is 5.02 Å². The van der Waals surface area contributed by atoms with Gasteiger partial charge in [-0.1, -0.05) is 27.5 Å². The van der Waals surface area contributed by atoms with Crippen molar-refractivity contribution >= 4 is 33.4 Å². The maximum atomic E-state index is 12.5. The molecule has 0 aliphatic carbocycles. The standard InChI is InChI=1S/C14H18BrClN2O2/c15-11-2-3-13(16)12(10-11)14(20)18-5-1-4-17(6-7-18)8-9-19/h2-3,10,19H,1,4-9H2. The number of carbonyl (C=O) groups is 1. The molecular formula is C14H18BrClN2O2. The summed E-state index contributed by atoms with van der Waals surface area (Å²) in [6.07, 6.45) is 0.914. The number of hydrogen-bond acceptors (Lipinski definition) is 3. The molecule has 1 fully saturated rings. The molecule has 1 N–H and O–H groups in total. The molecule has 1 aliphatic rings. The predicted molar refractivity (Wildman–Crippen MR) is 83.2 cm³/mol. The summed E-state index contributed by atoms with van der Waals surface area (Å²) in [6, 6.07) is 5.32. The third kappa shape index (κ3) is 3.95. The molecule has 1 saturated heterocycles. The van der Waals surface area contributed by atoms with Crippen LogP contribution in [0.3, 0.4) is 0 Å². The van der Waals surface area contributed by atoms with Gasteiger partial charge in [-0.3, -0.25) is 9.69 Å². The number of aliphatic hydroxyl groups excluding tert-OH is 1. The second-order valence-corrected chi connectivity index (χ2v) is 6.16. The summed E-state index contributed by atoms with van der Waals surface area (Å²) in [5.74, 6) is -0.0258. The average molecular weight is 362 g/mol. The molecule has 0 radical (unpaired) electrons. The van der Waals surface area contributed by atoms with Crippen LogP contribution < -0.4 is 0 Å². The van der Waals surface area contributed by atoms with Crippen LogP contribution in [0, 0.1) is 0 Å². The van der Waals surface area contributed by atoms with Crippen LogP contribution in [-0.2, 0) is 0 Å². The van der Waals surface area contributed by atoms with Gasteiger partial charge in [-0.15, -0.1) is 0 Å². The molecule has 6 heteroatoms. The smallest absolute Gasteiger partial charge is 0.255 e. The summed E-state index contributed by atoms with van der Waals surface area (Å²) in [6.45, 7) is 3.92. The minimum absolute atomic E-state index is 0.0258. The number of aliphatic hydroxyl groups is 1. The van der Waals surface area contributed by atoms with E-state index in [0.29, 0.717) is 23.7 Å². The SMILES string of the molecule is O=C(c1cc(Br)ccc1Cl)N1CCCN(CCO)CC1. The number of rotatable bonds is 3. The van der Waals surface area contributed by atoms with Gasteiger partial charge in [0.15, 0.2) is 0 Å². The van der Waals surface area contributed by atoms with Gasteiger partial charge in [0.25, 0.3) is 5.91 Å². The predicted octanol–water partition coefficient (Wildman–Crippen LogP) is 2.24. The lowest BCUT2D eigenvalue weighted by Gasteiger charge is -2.22. The third-order valence-electron chi connectivity index (χ3n) is 3.45. The van der Waals surface area contributed by atoms with Gasteiger partial charge in [0.2, 0.25) is 0 Å². The second kappa shape index (κ2) is 7.41. The largest absolute Gasteiger partial charge is 0.395 e. The minimum atomic E-state index is -0.0258. The summed E-state index contributed by atoms with van der Waals surface area (Å²) in [4.78, 5) is 16.6. The van der Waals surface area contributed by atoms with Crippen molar-refractivity contribution in [1.29, 1.82) is 0 Å². The van der Waals surface area contributed by atoms with Crippen molar-refractivity contribution in [3.05, 3.63) is 33.3 Å². The van der Waals surface area contributed by atoms with E-state index in [4.69, 9.17) is 16.7 Å². The van der Waals surface area contributed by atoms with E-state index < -0.39 is 0 Å². The highest BCUT2D eigenvalue weighted by molar-refractivity contribution is 9.10. The molecule has 0 unspecified atom stereocenters. The fraction of sp³-hybridized carbons (Fsp3) is 0.500. The molecule has 4 nitrogen and oxygen atoms in total. The van der Waals surface area contributed by atoms with Crippen LogP contribution in [-0.4, -0.2) is 60.1 Å². The zero-order valence-corrected chi connectivity index (χ0v) is 13.5. The maximum Gasteiger partial charge on any atom is 0.255 e. The Bertz CT molecular complexity index is 484. The van der Waals surface area contributed by atoms with Crippen molar-refractivity contribution < 1.29 is 9.90 Å². The lowest BCUT2D eigenvalue weighted by Crippen LogP contribution is -2.36. The highest BCUT2D eigenvalue weighted by Crippen LogP contribution is 2.23. The van der Waals surface area contributed by atoms with Gasteiger partial charge in [-0.2, -0.15) is 0 Å². The van der Waals surface area contributed by atoms with Gasteiger partial charge in [0.1, 0.15) is 0 Å². The first-order chi connectivity index (χ1) is 9.61. The number of hydrogen-bond donors (Lipinski definition) is 1. The lowest BCUT2D eigenvalue weighted by atomic mass is 10.2. The first-order valence-electron chi connectivity index (χ1n) is 6.69. The van der Waals surface area contributed by atoms with Crippen molar-refractivity contribution in [3.63, 3.8) is 0 Å². The van der Waals surface area contributed by atoms with Gasteiger partial charge in [-0.05, 0) is 31.2 Å². The lowest BCUT2D eigenvalue weighted by molar-refractivity contribution is 0.0760. The Hall–Kier alpha value is -0.620. The molecule has 1 heterocycles. The zero-order valence-electron chi connectivity index (χ0n) is 11.2. The van der Waals surface area contributed by atoms with Crippen LogP contribution in [0.1, 0.15) is 16.8 Å². The molecule has 0 atom stereocenters. The Morgan fingerprint density at radius 3 is 2.85 bits per heavy atom. The zero-order chi connectivity index (χ0) is 14.5. The van der Waals surface area contributed by atoms with E-state index in [-0.39, 0.29) is 12.5 Å². The van der Waals surface area contributed by atoms with Gasteiger partial charge in [0.05, 0.1) is 17.2 Å². The monoisotopic (exact) mass is 360 g/mol. The molecule has 0 spiro atoms. The number of β-amino-alcohol motifs (C(OH)–C–C–N with tert-alkyl or cyclic N) is 1. The van der Waals surface area contributed by atoms with Crippen molar-refractivity contribution in [2.75, 3.05) is 39.3 Å². The van der Waals surface area contributed by atoms with Crippen molar-refractivity contribution in [3.8, 4) is 0 Å². The number of nitrogens with zero attached hydrogens (tertiary/aromatic N) is 2. The summed E-state index contributed by atoms with van der Waals surface area (Å²) < 4.78 is 0.849. The molecule has 2 rings (SSSR count). The van der Waals surface area contributed by atoms with Crippen molar-refractivity contribution in [2.24, 2.45) is 0 Å². The van der Waals surface area contributed by atoms with E-state index in [1.165, 1.54) is 0 Å². The first kappa shape index (κ1) is 15.8. The molecule has 110 valence electrons. The second-order valence-electron chi connectivity index (χ2n) is 4.84. The van der Waals surface area contributed by atoms with Crippen molar-refractivity contribution in [1.82, 2.24) is 9.80 Å². The molecule has 20 heavy (non-hydrogen) atoms. The number of amides is 1. The Kier molecular flexibility index (Phi) is 5.84. The van der Waals surface area contributed by atoms with Gasteiger partial charge >= 0.3 is 0 Å². The van der Waals surface area contributed by atoms with Crippen molar-refractivity contribution in [2.45, 2.75) is 6.42 Å². The summed E-state index contributed by atoms with van der Waals surface area (Å²) in [7, 11) is 0. The normalized spacial score (nSPS) is 17.1. The first-order valence-corrected chi connectivity index (χ1v) is 7.86. The van der Waals surface area contributed by atoms with Crippen LogP contribution in [0.25, 0.3) is 0 Å². The number of carbonyl (C=O) groups excluding carboxylic acids is 1. The summed E-state index contributed by atoms with van der Waals surface area (Å²) in [5.41, 5.74) is 0.539. The average Bonchev–Trinajstić information content (AvgIpc) is 2.67. The molecule has 0 aromatic heterocycles. The molecule has 1 amide bonds. The molecule has 1 aromatic carbocycles. The molecule has 0 bridgehead atoms. The Morgan fingerprint density at radius 1 is 1.30 bits per heavy atom. The maximum absolute atomic E-state index is 12.5. The van der Waals surface area contributed by atoms with E-state index in [9.17, 15) is 4.79 Å². The quantitative estimate of drug-likeness (QED) is 0.898. The number of halogens is 2. The van der Waals surface area contributed by atoms with Gasteiger partial charge in [-0.25, -0.2) is 0 Å². The van der Waals surface area contributed by atoms with Gasteiger partial charge in [0, 0.05) is 30.7 Å². The van der Waals surface area contributed by atoms with Crippen LogP contribution in [0.15, 0.2) is 22.7 Å². The highest BCUT2D eigenvalue weighted by atomic mass is 79.9. The Labute approximate surface area is 132 Å². The van der Waals surface area contributed by atoms with E-state index in [0.717, 1.165) is 30.5 Å². The van der Waals surface area contributed by atoms with E-state index >= 15 is 0 Å². The van der Waals surface area contributed by atoms with Gasteiger partial charge < -0.3 is 10.0 Å². The van der Waals surface area contributed by atoms with Crippen LogP contribution in [0.5, 0.6) is 0 Å². The molecular weight excluding hydrogens is 344 g/mol. The van der Waals surface area contributed by atoms with Crippen LogP contribution >= 0.6 is 27.5 Å². The fourth-order valence-corrected chi connectivity index (χ4v) is 2.93.